The van der Waals surface area contributed by atoms with Crippen molar-refractivity contribution >= 4 is 17.7 Å². The quantitative estimate of drug-likeness (QED) is 0.580. The highest BCUT2D eigenvalue weighted by Gasteiger charge is 2.30. The average molecular weight is 410 g/mol. The second kappa shape index (κ2) is 9.09. The number of likely N-dealkylation sites (tertiary alicyclic amines) is 1. The summed E-state index contributed by atoms with van der Waals surface area (Å²) in [6.07, 6.45) is 3.28. The van der Waals surface area contributed by atoms with E-state index in [9.17, 15) is 4.79 Å². The number of nitrogens with zero attached hydrogens (tertiary/aromatic N) is 5. The Morgan fingerprint density at radius 1 is 1.03 bits per heavy atom. The van der Waals surface area contributed by atoms with Crippen molar-refractivity contribution in [2.24, 2.45) is 0 Å². The molecule has 1 fully saturated rings. The van der Waals surface area contributed by atoms with Crippen LogP contribution in [0.4, 0.5) is 0 Å². The molecule has 7 nitrogen and oxygen atoms in total. The number of hydrogen-bond acceptors (Lipinski definition) is 6. The predicted molar refractivity (Wildman–Crippen MR) is 111 cm³/mol. The third-order valence-corrected chi connectivity index (χ3v) is 6.15. The Morgan fingerprint density at radius 3 is 2.52 bits per heavy atom. The van der Waals surface area contributed by atoms with E-state index >= 15 is 0 Å². The van der Waals surface area contributed by atoms with E-state index in [0.717, 1.165) is 37.2 Å². The summed E-state index contributed by atoms with van der Waals surface area (Å²) in [5.41, 5.74) is 1.68. The molecule has 1 amide bonds. The van der Waals surface area contributed by atoms with Crippen molar-refractivity contribution in [2.45, 2.75) is 29.7 Å². The van der Waals surface area contributed by atoms with Crippen LogP contribution in [0.1, 0.15) is 30.1 Å². The number of rotatable bonds is 6. The predicted octanol–water partition coefficient (Wildman–Crippen LogP) is 3.52. The van der Waals surface area contributed by atoms with Gasteiger partial charge in [-0.05, 0) is 47.4 Å². The lowest BCUT2D eigenvalue weighted by atomic mass is 10.1. The summed E-state index contributed by atoms with van der Waals surface area (Å²) in [6.45, 7) is 1.61. The van der Waals surface area contributed by atoms with E-state index in [0.29, 0.717) is 10.9 Å². The van der Waals surface area contributed by atoms with Crippen LogP contribution in [0.5, 0.6) is 5.75 Å². The van der Waals surface area contributed by atoms with E-state index in [2.05, 4.69) is 15.5 Å². The van der Waals surface area contributed by atoms with Gasteiger partial charge in [0.25, 0.3) is 0 Å². The topological polar surface area (TPSA) is 73.1 Å². The molecule has 1 unspecified atom stereocenters. The molecule has 0 radical (unpaired) electrons. The van der Waals surface area contributed by atoms with E-state index in [4.69, 9.17) is 4.74 Å². The molecular weight excluding hydrogens is 386 g/mol. The molecule has 1 aliphatic rings. The van der Waals surface area contributed by atoms with Gasteiger partial charge in [-0.1, -0.05) is 54.2 Å². The first kappa shape index (κ1) is 19.4. The maximum Gasteiger partial charge on any atom is 0.240 e. The first-order valence-electron chi connectivity index (χ1n) is 9.70. The number of ether oxygens (including phenoxy) is 1. The SMILES string of the molecule is COc1ccccc1-n1nnnc1SC(C(=O)N1CCCCC1)c1ccccc1. The number of carbonyl (C=O) groups is 1. The Balaban J connectivity index is 1.67. The minimum Gasteiger partial charge on any atom is -0.494 e. The maximum atomic E-state index is 13.4. The minimum absolute atomic E-state index is 0.107. The molecule has 8 heteroatoms. The van der Waals surface area contributed by atoms with Gasteiger partial charge in [-0.2, -0.15) is 4.68 Å². The summed E-state index contributed by atoms with van der Waals surface area (Å²) in [5.74, 6) is 0.774. The first-order valence-corrected chi connectivity index (χ1v) is 10.6. The fourth-order valence-corrected chi connectivity index (χ4v) is 4.56. The molecule has 0 saturated carbocycles. The lowest BCUT2D eigenvalue weighted by Gasteiger charge is -2.30. The van der Waals surface area contributed by atoms with Crippen LogP contribution in [0, 0.1) is 0 Å². The van der Waals surface area contributed by atoms with Crippen LogP contribution in [-0.2, 0) is 4.79 Å². The number of benzene rings is 2. The molecule has 0 N–H and O–H groups in total. The lowest BCUT2D eigenvalue weighted by Crippen LogP contribution is -2.38. The van der Waals surface area contributed by atoms with Crippen LogP contribution in [0.15, 0.2) is 59.8 Å². The number of para-hydroxylation sites is 2. The number of methoxy groups -OCH3 is 1. The minimum atomic E-state index is -0.409. The van der Waals surface area contributed by atoms with Crippen LogP contribution in [0.25, 0.3) is 5.69 Å². The monoisotopic (exact) mass is 409 g/mol. The molecule has 2 aromatic carbocycles. The second-order valence-corrected chi connectivity index (χ2v) is 7.91. The van der Waals surface area contributed by atoms with E-state index in [1.54, 1.807) is 11.8 Å². The van der Waals surface area contributed by atoms with Crippen molar-refractivity contribution in [2.75, 3.05) is 20.2 Å². The molecule has 1 aliphatic heterocycles. The summed E-state index contributed by atoms with van der Waals surface area (Å²) >= 11 is 1.37. The smallest absolute Gasteiger partial charge is 0.240 e. The van der Waals surface area contributed by atoms with Crippen LogP contribution in [0.2, 0.25) is 0 Å². The summed E-state index contributed by atoms with van der Waals surface area (Å²) in [6, 6.07) is 17.4. The Morgan fingerprint density at radius 2 is 1.76 bits per heavy atom. The highest BCUT2D eigenvalue weighted by atomic mass is 32.2. The van der Waals surface area contributed by atoms with Gasteiger partial charge in [-0.25, -0.2) is 0 Å². The highest BCUT2D eigenvalue weighted by Crippen LogP contribution is 2.37. The summed E-state index contributed by atoms with van der Waals surface area (Å²) in [5, 5.41) is 12.3. The molecular formula is C21H23N5O2S. The number of amides is 1. The number of tetrazole rings is 1. The van der Waals surface area contributed by atoms with E-state index in [-0.39, 0.29) is 5.91 Å². The van der Waals surface area contributed by atoms with Crippen molar-refractivity contribution in [3.05, 3.63) is 60.2 Å². The maximum absolute atomic E-state index is 13.4. The second-order valence-electron chi connectivity index (χ2n) is 6.84. The van der Waals surface area contributed by atoms with Gasteiger partial charge < -0.3 is 9.64 Å². The Labute approximate surface area is 174 Å². The molecule has 0 bridgehead atoms. The van der Waals surface area contributed by atoms with Gasteiger partial charge in [0.05, 0.1) is 7.11 Å². The number of aromatic nitrogens is 4. The molecule has 2 heterocycles. The van der Waals surface area contributed by atoms with Crippen LogP contribution in [-0.4, -0.2) is 51.2 Å². The molecule has 150 valence electrons. The van der Waals surface area contributed by atoms with Crippen molar-refractivity contribution in [3.63, 3.8) is 0 Å². The van der Waals surface area contributed by atoms with Crippen molar-refractivity contribution in [1.29, 1.82) is 0 Å². The molecule has 0 spiro atoms. The molecule has 1 saturated heterocycles. The van der Waals surface area contributed by atoms with Gasteiger partial charge in [0.15, 0.2) is 0 Å². The molecule has 3 aromatic rings. The van der Waals surface area contributed by atoms with E-state index in [1.165, 1.54) is 18.2 Å². The molecule has 1 atom stereocenters. The zero-order valence-corrected chi connectivity index (χ0v) is 17.1. The average Bonchev–Trinajstić information content (AvgIpc) is 3.26. The molecule has 29 heavy (non-hydrogen) atoms. The third kappa shape index (κ3) is 4.27. The van der Waals surface area contributed by atoms with Crippen molar-refractivity contribution < 1.29 is 9.53 Å². The summed E-state index contributed by atoms with van der Waals surface area (Å²) in [4.78, 5) is 15.4. The van der Waals surface area contributed by atoms with Crippen molar-refractivity contribution in [1.82, 2.24) is 25.1 Å². The van der Waals surface area contributed by atoms with E-state index in [1.807, 2.05) is 59.5 Å². The van der Waals surface area contributed by atoms with Crippen LogP contribution < -0.4 is 4.74 Å². The van der Waals surface area contributed by atoms with Gasteiger partial charge in [-0.15, -0.1) is 5.10 Å². The van der Waals surface area contributed by atoms with Gasteiger partial charge >= 0.3 is 0 Å². The molecule has 4 rings (SSSR count). The normalized spacial score (nSPS) is 15.1. The fourth-order valence-electron chi connectivity index (χ4n) is 3.48. The first-order chi connectivity index (χ1) is 14.3. The zero-order chi connectivity index (χ0) is 20.1. The lowest BCUT2D eigenvalue weighted by molar-refractivity contribution is -0.131. The zero-order valence-electron chi connectivity index (χ0n) is 16.3. The van der Waals surface area contributed by atoms with Gasteiger partial charge in [0, 0.05) is 13.1 Å². The van der Waals surface area contributed by atoms with E-state index < -0.39 is 5.25 Å². The molecule has 1 aromatic heterocycles. The van der Waals surface area contributed by atoms with Crippen LogP contribution >= 0.6 is 11.8 Å². The summed E-state index contributed by atoms with van der Waals surface area (Å²) in [7, 11) is 1.61. The number of hydrogen-bond donors (Lipinski definition) is 0. The molecule has 0 aliphatic carbocycles. The van der Waals surface area contributed by atoms with Crippen molar-refractivity contribution in [3.8, 4) is 11.4 Å². The van der Waals surface area contributed by atoms with Gasteiger partial charge in [0.1, 0.15) is 16.7 Å². The Hall–Kier alpha value is -2.87. The fraction of sp³-hybridized carbons (Fsp3) is 0.333. The Bertz CT molecular complexity index is 956. The number of thioether (sulfide) groups is 1. The van der Waals surface area contributed by atoms with Gasteiger partial charge in [-0.3, -0.25) is 4.79 Å². The number of carbonyl (C=O) groups excluding carboxylic acids is 1. The summed E-state index contributed by atoms with van der Waals surface area (Å²) < 4.78 is 7.08. The number of piperidine rings is 1. The third-order valence-electron chi connectivity index (χ3n) is 4.97. The Kier molecular flexibility index (Phi) is 6.09. The highest BCUT2D eigenvalue weighted by molar-refractivity contribution is 8.00. The largest absolute Gasteiger partial charge is 0.494 e. The van der Waals surface area contributed by atoms with Gasteiger partial charge in [0.2, 0.25) is 11.1 Å². The standard InChI is InChI=1S/C21H23N5O2S/c1-28-18-13-7-6-12-17(18)26-21(22-23-24-26)29-19(16-10-4-2-5-11-16)20(27)25-14-8-3-9-15-25/h2,4-7,10-13,19H,3,8-9,14-15H2,1H3. The van der Waals surface area contributed by atoms with Crippen LogP contribution in [0.3, 0.4) is 0 Å².